The standard InChI is InChI=1S/C16H21NO2/c18-16(19-12-14-5-2-1-3-6-14)15-10-17(11-15)9-13-7-4-8-13/h1-3,5-6,13,15H,4,7-12H2. The van der Waals surface area contributed by atoms with Crippen LogP contribution in [0.2, 0.25) is 0 Å². The van der Waals surface area contributed by atoms with E-state index in [4.69, 9.17) is 4.74 Å². The second-order valence-electron chi connectivity index (χ2n) is 5.81. The predicted octanol–water partition coefficient (Wildman–Crippen LogP) is 2.46. The van der Waals surface area contributed by atoms with Crippen LogP contribution in [0.3, 0.4) is 0 Å². The van der Waals surface area contributed by atoms with Gasteiger partial charge in [0.2, 0.25) is 0 Å². The van der Waals surface area contributed by atoms with Crippen LogP contribution in [0.15, 0.2) is 30.3 Å². The highest BCUT2D eigenvalue weighted by Gasteiger charge is 2.35. The Morgan fingerprint density at radius 3 is 2.58 bits per heavy atom. The molecule has 2 fully saturated rings. The second kappa shape index (κ2) is 5.74. The summed E-state index contributed by atoms with van der Waals surface area (Å²) in [4.78, 5) is 14.3. The summed E-state index contributed by atoms with van der Waals surface area (Å²) in [5.41, 5.74) is 1.06. The van der Waals surface area contributed by atoms with Gasteiger partial charge in [-0.05, 0) is 24.3 Å². The zero-order valence-corrected chi connectivity index (χ0v) is 11.3. The van der Waals surface area contributed by atoms with E-state index in [-0.39, 0.29) is 11.9 Å². The van der Waals surface area contributed by atoms with Gasteiger partial charge in [0.1, 0.15) is 6.61 Å². The van der Waals surface area contributed by atoms with Crippen molar-refractivity contribution in [3.8, 4) is 0 Å². The van der Waals surface area contributed by atoms with Gasteiger partial charge in [-0.2, -0.15) is 0 Å². The first-order valence-corrected chi connectivity index (χ1v) is 7.24. The monoisotopic (exact) mass is 259 g/mol. The zero-order chi connectivity index (χ0) is 13.1. The van der Waals surface area contributed by atoms with E-state index in [2.05, 4.69) is 4.90 Å². The molecule has 3 rings (SSSR count). The van der Waals surface area contributed by atoms with Gasteiger partial charge in [0.15, 0.2) is 0 Å². The average Bonchev–Trinajstić information content (AvgIpc) is 2.33. The first-order valence-electron chi connectivity index (χ1n) is 7.24. The molecule has 3 heteroatoms. The Labute approximate surface area is 114 Å². The molecule has 1 aliphatic heterocycles. The van der Waals surface area contributed by atoms with Gasteiger partial charge in [-0.3, -0.25) is 4.79 Å². The molecule has 0 atom stereocenters. The minimum Gasteiger partial charge on any atom is -0.461 e. The first-order chi connectivity index (χ1) is 9.31. The SMILES string of the molecule is O=C(OCc1ccccc1)C1CN(CC2CCC2)C1. The van der Waals surface area contributed by atoms with Crippen molar-refractivity contribution in [1.82, 2.24) is 4.90 Å². The number of benzene rings is 1. The molecule has 1 aromatic rings. The molecule has 1 aliphatic carbocycles. The first kappa shape index (κ1) is 12.7. The van der Waals surface area contributed by atoms with E-state index in [1.54, 1.807) is 0 Å². The smallest absolute Gasteiger partial charge is 0.311 e. The molecule has 1 saturated carbocycles. The second-order valence-corrected chi connectivity index (χ2v) is 5.81. The molecular weight excluding hydrogens is 238 g/mol. The summed E-state index contributed by atoms with van der Waals surface area (Å²) in [6.45, 7) is 3.37. The Kier molecular flexibility index (Phi) is 3.83. The van der Waals surface area contributed by atoms with Gasteiger partial charge >= 0.3 is 5.97 Å². The maximum Gasteiger partial charge on any atom is 0.311 e. The van der Waals surface area contributed by atoms with Gasteiger partial charge in [-0.25, -0.2) is 0 Å². The number of hydrogen-bond donors (Lipinski definition) is 0. The molecule has 1 saturated heterocycles. The minimum atomic E-state index is -0.0336. The van der Waals surface area contributed by atoms with E-state index in [1.165, 1.54) is 25.8 Å². The number of ether oxygens (including phenoxy) is 1. The van der Waals surface area contributed by atoms with Crippen molar-refractivity contribution in [1.29, 1.82) is 0 Å². The van der Waals surface area contributed by atoms with Crippen LogP contribution < -0.4 is 0 Å². The van der Waals surface area contributed by atoms with E-state index in [1.807, 2.05) is 30.3 Å². The van der Waals surface area contributed by atoms with Gasteiger partial charge in [0.05, 0.1) is 5.92 Å². The molecule has 0 aromatic heterocycles. The molecule has 1 heterocycles. The lowest BCUT2D eigenvalue weighted by molar-refractivity contribution is -0.156. The van der Waals surface area contributed by atoms with Crippen molar-refractivity contribution in [2.24, 2.45) is 11.8 Å². The van der Waals surface area contributed by atoms with Crippen LogP contribution in [0.25, 0.3) is 0 Å². The van der Waals surface area contributed by atoms with Crippen LogP contribution in [-0.2, 0) is 16.1 Å². The fraction of sp³-hybridized carbons (Fsp3) is 0.562. The summed E-state index contributed by atoms with van der Waals surface area (Å²) in [5.74, 6) is 0.957. The van der Waals surface area contributed by atoms with Crippen molar-refractivity contribution in [3.63, 3.8) is 0 Å². The third-order valence-electron chi connectivity index (χ3n) is 4.26. The fourth-order valence-corrected chi connectivity index (χ4v) is 2.76. The molecule has 2 aliphatic rings. The summed E-state index contributed by atoms with van der Waals surface area (Å²) < 4.78 is 5.36. The van der Waals surface area contributed by atoms with Crippen molar-refractivity contribution in [2.75, 3.05) is 19.6 Å². The minimum absolute atomic E-state index is 0.0336. The topological polar surface area (TPSA) is 29.5 Å². The molecule has 0 bridgehead atoms. The van der Waals surface area contributed by atoms with E-state index < -0.39 is 0 Å². The highest BCUT2D eigenvalue weighted by Crippen LogP contribution is 2.29. The summed E-state index contributed by atoms with van der Waals surface area (Å²) in [6.07, 6.45) is 4.14. The number of nitrogens with zero attached hydrogens (tertiary/aromatic N) is 1. The normalized spacial score (nSPS) is 20.6. The Hall–Kier alpha value is -1.35. The highest BCUT2D eigenvalue weighted by molar-refractivity contribution is 5.74. The van der Waals surface area contributed by atoms with E-state index in [0.717, 1.165) is 24.6 Å². The zero-order valence-electron chi connectivity index (χ0n) is 11.3. The Balaban J connectivity index is 1.35. The van der Waals surface area contributed by atoms with Crippen LogP contribution in [0.1, 0.15) is 24.8 Å². The quantitative estimate of drug-likeness (QED) is 0.761. The molecule has 0 spiro atoms. The van der Waals surface area contributed by atoms with E-state index >= 15 is 0 Å². The number of likely N-dealkylation sites (tertiary alicyclic amines) is 1. The lowest BCUT2D eigenvalue weighted by Gasteiger charge is -2.41. The largest absolute Gasteiger partial charge is 0.461 e. The van der Waals surface area contributed by atoms with Crippen LogP contribution in [0.5, 0.6) is 0 Å². The van der Waals surface area contributed by atoms with Gasteiger partial charge in [0.25, 0.3) is 0 Å². The van der Waals surface area contributed by atoms with Crippen molar-refractivity contribution in [3.05, 3.63) is 35.9 Å². The maximum atomic E-state index is 11.9. The highest BCUT2D eigenvalue weighted by atomic mass is 16.5. The molecule has 0 unspecified atom stereocenters. The van der Waals surface area contributed by atoms with Gasteiger partial charge < -0.3 is 9.64 Å². The molecule has 3 nitrogen and oxygen atoms in total. The summed E-state index contributed by atoms with van der Waals surface area (Å²) in [6, 6.07) is 9.86. The molecule has 0 radical (unpaired) electrons. The fourth-order valence-electron chi connectivity index (χ4n) is 2.76. The lowest BCUT2D eigenvalue weighted by Crippen LogP contribution is -2.52. The van der Waals surface area contributed by atoms with Crippen LogP contribution >= 0.6 is 0 Å². The summed E-state index contributed by atoms with van der Waals surface area (Å²) >= 11 is 0. The average molecular weight is 259 g/mol. The number of carbonyl (C=O) groups excluding carboxylic acids is 1. The van der Waals surface area contributed by atoms with Crippen molar-refractivity contribution >= 4 is 5.97 Å². The number of esters is 1. The number of carbonyl (C=O) groups is 1. The summed E-state index contributed by atoms with van der Waals surface area (Å²) in [7, 11) is 0. The Bertz CT molecular complexity index is 422. The lowest BCUT2D eigenvalue weighted by atomic mass is 9.84. The van der Waals surface area contributed by atoms with Crippen LogP contribution in [0.4, 0.5) is 0 Å². The molecule has 0 amide bonds. The van der Waals surface area contributed by atoms with E-state index in [0.29, 0.717) is 6.61 Å². The van der Waals surface area contributed by atoms with Gasteiger partial charge in [-0.15, -0.1) is 0 Å². The van der Waals surface area contributed by atoms with Crippen LogP contribution in [0, 0.1) is 11.8 Å². The third-order valence-corrected chi connectivity index (χ3v) is 4.26. The van der Waals surface area contributed by atoms with Gasteiger partial charge in [-0.1, -0.05) is 36.8 Å². The van der Waals surface area contributed by atoms with Crippen molar-refractivity contribution in [2.45, 2.75) is 25.9 Å². The van der Waals surface area contributed by atoms with Gasteiger partial charge in [0, 0.05) is 19.6 Å². The number of rotatable bonds is 5. The number of hydrogen-bond acceptors (Lipinski definition) is 3. The molecule has 0 N–H and O–H groups in total. The van der Waals surface area contributed by atoms with Crippen molar-refractivity contribution < 1.29 is 9.53 Å². The molecule has 102 valence electrons. The predicted molar refractivity (Wildman–Crippen MR) is 73.5 cm³/mol. The molecule has 19 heavy (non-hydrogen) atoms. The third kappa shape index (κ3) is 3.16. The molecule has 1 aromatic carbocycles. The Morgan fingerprint density at radius 2 is 1.95 bits per heavy atom. The maximum absolute atomic E-state index is 11.9. The van der Waals surface area contributed by atoms with E-state index in [9.17, 15) is 4.79 Å². The molecular formula is C16H21NO2. The summed E-state index contributed by atoms with van der Waals surface area (Å²) in [5, 5.41) is 0. The Morgan fingerprint density at radius 1 is 1.21 bits per heavy atom. The van der Waals surface area contributed by atoms with Crippen LogP contribution in [-0.4, -0.2) is 30.5 Å².